The van der Waals surface area contributed by atoms with Crippen molar-refractivity contribution >= 4 is 12.4 Å². The highest BCUT2D eigenvalue weighted by molar-refractivity contribution is 5.85. The number of β-amino-alcohol motifs (C(OH)–C–C–N with tert-alkyl or cyclic N) is 1. The number of hydrogen-bond acceptors (Lipinski definition) is 4. The van der Waals surface area contributed by atoms with Gasteiger partial charge in [0.05, 0.1) is 6.61 Å². The van der Waals surface area contributed by atoms with Crippen LogP contribution in [0.15, 0.2) is 18.2 Å². The van der Waals surface area contributed by atoms with Crippen LogP contribution in [-0.2, 0) is 12.8 Å². The van der Waals surface area contributed by atoms with Gasteiger partial charge < -0.3 is 20.3 Å². The fourth-order valence-corrected chi connectivity index (χ4v) is 2.34. The molecule has 3 N–H and O–H groups in total. The molecule has 0 saturated heterocycles. The molecule has 0 heterocycles. The highest BCUT2D eigenvalue weighted by Gasteiger charge is 2.17. The van der Waals surface area contributed by atoms with Crippen molar-refractivity contribution in [3.05, 3.63) is 29.3 Å². The van der Waals surface area contributed by atoms with E-state index in [2.05, 4.69) is 17.4 Å². The van der Waals surface area contributed by atoms with Gasteiger partial charge in [0.25, 0.3) is 0 Å². The van der Waals surface area contributed by atoms with E-state index in [4.69, 9.17) is 9.84 Å². The Hall–Kier alpha value is -0.810. The van der Waals surface area contributed by atoms with Crippen LogP contribution in [-0.4, -0.2) is 41.6 Å². The lowest BCUT2D eigenvalue weighted by Gasteiger charge is -2.25. The third-order valence-electron chi connectivity index (χ3n) is 3.72. The van der Waals surface area contributed by atoms with Crippen molar-refractivity contribution in [3.63, 3.8) is 0 Å². The second kappa shape index (κ2) is 7.99. The van der Waals surface area contributed by atoms with Crippen LogP contribution in [0.2, 0.25) is 0 Å². The number of ether oxygens (including phenoxy) is 1. The van der Waals surface area contributed by atoms with Crippen molar-refractivity contribution < 1.29 is 14.9 Å². The molecule has 1 aromatic rings. The van der Waals surface area contributed by atoms with E-state index in [1.165, 1.54) is 24.0 Å². The molecule has 0 radical (unpaired) electrons. The van der Waals surface area contributed by atoms with Gasteiger partial charge in [-0.1, -0.05) is 6.07 Å². The molecular formula is C16H26ClNO3. The number of aryl methyl sites for hydroxylation is 2. The van der Waals surface area contributed by atoms with Crippen LogP contribution in [0.4, 0.5) is 0 Å². The van der Waals surface area contributed by atoms with Gasteiger partial charge in [0.15, 0.2) is 0 Å². The first kappa shape index (κ1) is 18.2. The SMILES string of the molecule is CC(C)(CO)NCC(O)COc1ccc2c(c1)CCC2.Cl. The summed E-state index contributed by atoms with van der Waals surface area (Å²) in [5.74, 6) is 0.825. The zero-order chi connectivity index (χ0) is 14.6. The lowest BCUT2D eigenvalue weighted by Crippen LogP contribution is -2.47. The molecule has 1 aromatic carbocycles. The lowest BCUT2D eigenvalue weighted by atomic mass is 10.1. The van der Waals surface area contributed by atoms with E-state index in [-0.39, 0.29) is 31.2 Å². The molecule has 1 aliphatic carbocycles. The molecule has 4 nitrogen and oxygen atoms in total. The van der Waals surface area contributed by atoms with E-state index < -0.39 is 6.10 Å². The van der Waals surface area contributed by atoms with Gasteiger partial charge in [-0.3, -0.25) is 0 Å². The largest absolute Gasteiger partial charge is 0.491 e. The number of benzene rings is 1. The van der Waals surface area contributed by atoms with Gasteiger partial charge in [0.2, 0.25) is 0 Å². The molecule has 0 fully saturated rings. The summed E-state index contributed by atoms with van der Waals surface area (Å²) >= 11 is 0. The number of aliphatic hydroxyl groups is 2. The van der Waals surface area contributed by atoms with E-state index in [0.717, 1.165) is 12.2 Å². The summed E-state index contributed by atoms with van der Waals surface area (Å²) in [7, 11) is 0. The molecule has 0 aliphatic heterocycles. The molecule has 5 heteroatoms. The minimum Gasteiger partial charge on any atom is -0.491 e. The molecule has 0 saturated carbocycles. The summed E-state index contributed by atoms with van der Waals surface area (Å²) < 4.78 is 5.64. The summed E-state index contributed by atoms with van der Waals surface area (Å²) in [6, 6.07) is 6.18. The van der Waals surface area contributed by atoms with E-state index in [0.29, 0.717) is 6.54 Å². The maximum Gasteiger partial charge on any atom is 0.119 e. The van der Waals surface area contributed by atoms with E-state index >= 15 is 0 Å². The number of fused-ring (bicyclic) bond motifs is 1. The predicted octanol–water partition coefficient (Wildman–Crippen LogP) is 1.70. The van der Waals surface area contributed by atoms with Crippen LogP contribution >= 0.6 is 12.4 Å². The number of halogens is 1. The molecular weight excluding hydrogens is 290 g/mol. The first-order chi connectivity index (χ1) is 9.50. The molecule has 0 bridgehead atoms. The van der Waals surface area contributed by atoms with Crippen LogP contribution < -0.4 is 10.1 Å². The Bertz CT molecular complexity index is 451. The predicted molar refractivity (Wildman–Crippen MR) is 86.4 cm³/mol. The van der Waals surface area contributed by atoms with Crippen molar-refractivity contribution in [2.75, 3.05) is 19.8 Å². The standard InChI is InChI=1S/C16H25NO3.ClH/c1-16(2,11-18)17-9-14(19)10-20-15-7-6-12-4-3-5-13(12)8-15;/h6-8,14,17-19H,3-5,9-11H2,1-2H3;1H. The zero-order valence-corrected chi connectivity index (χ0v) is 13.6. The molecule has 0 spiro atoms. The molecule has 1 atom stereocenters. The molecule has 1 unspecified atom stereocenters. The molecule has 0 aromatic heterocycles. The quantitative estimate of drug-likeness (QED) is 0.717. The second-order valence-electron chi connectivity index (χ2n) is 6.17. The normalized spacial score (nSPS) is 15.2. The van der Waals surface area contributed by atoms with Crippen LogP contribution in [0, 0.1) is 0 Å². The summed E-state index contributed by atoms with van der Waals surface area (Å²) in [5, 5.41) is 22.1. The van der Waals surface area contributed by atoms with Crippen LogP contribution in [0.3, 0.4) is 0 Å². The number of hydrogen-bond donors (Lipinski definition) is 3. The minimum atomic E-state index is -0.589. The Morgan fingerprint density at radius 2 is 2.00 bits per heavy atom. The van der Waals surface area contributed by atoms with Crippen molar-refractivity contribution in [1.29, 1.82) is 0 Å². The van der Waals surface area contributed by atoms with E-state index in [1.807, 2.05) is 19.9 Å². The maximum atomic E-state index is 9.89. The van der Waals surface area contributed by atoms with Crippen molar-refractivity contribution in [2.24, 2.45) is 0 Å². The third kappa shape index (κ3) is 5.47. The summed E-state index contributed by atoms with van der Waals surface area (Å²) in [4.78, 5) is 0. The van der Waals surface area contributed by atoms with Gasteiger partial charge in [0.1, 0.15) is 18.5 Å². The molecule has 1 aliphatic rings. The van der Waals surface area contributed by atoms with Gasteiger partial charge in [-0.25, -0.2) is 0 Å². The Morgan fingerprint density at radius 3 is 2.71 bits per heavy atom. The Kier molecular flexibility index (Phi) is 6.94. The highest BCUT2D eigenvalue weighted by atomic mass is 35.5. The average molecular weight is 316 g/mol. The number of nitrogens with one attached hydrogen (secondary N) is 1. The smallest absolute Gasteiger partial charge is 0.119 e. The number of aliphatic hydroxyl groups excluding tert-OH is 2. The molecule has 0 amide bonds. The Morgan fingerprint density at radius 1 is 1.29 bits per heavy atom. The highest BCUT2D eigenvalue weighted by Crippen LogP contribution is 2.26. The van der Waals surface area contributed by atoms with Gasteiger partial charge in [-0.15, -0.1) is 12.4 Å². The topological polar surface area (TPSA) is 61.7 Å². The summed E-state index contributed by atoms with van der Waals surface area (Å²) in [6.07, 6.45) is 2.93. The van der Waals surface area contributed by atoms with Gasteiger partial charge in [-0.05, 0) is 56.4 Å². The molecule has 2 rings (SSSR count). The maximum absolute atomic E-state index is 9.89. The lowest BCUT2D eigenvalue weighted by molar-refractivity contribution is 0.0906. The van der Waals surface area contributed by atoms with Crippen molar-refractivity contribution in [1.82, 2.24) is 5.32 Å². The van der Waals surface area contributed by atoms with Crippen molar-refractivity contribution in [3.8, 4) is 5.75 Å². The average Bonchev–Trinajstić information content (AvgIpc) is 2.90. The second-order valence-corrected chi connectivity index (χ2v) is 6.17. The van der Waals surface area contributed by atoms with E-state index in [9.17, 15) is 5.11 Å². The summed E-state index contributed by atoms with van der Waals surface area (Å²) in [6.45, 7) is 4.47. The zero-order valence-electron chi connectivity index (χ0n) is 12.8. The van der Waals surface area contributed by atoms with Gasteiger partial charge in [-0.2, -0.15) is 0 Å². The monoisotopic (exact) mass is 315 g/mol. The van der Waals surface area contributed by atoms with E-state index in [1.54, 1.807) is 0 Å². The molecule has 120 valence electrons. The number of rotatable bonds is 7. The fraction of sp³-hybridized carbons (Fsp3) is 0.625. The first-order valence-corrected chi connectivity index (χ1v) is 7.29. The molecule has 21 heavy (non-hydrogen) atoms. The minimum absolute atomic E-state index is 0. The van der Waals surface area contributed by atoms with Crippen LogP contribution in [0.25, 0.3) is 0 Å². The van der Waals surface area contributed by atoms with Gasteiger partial charge in [0, 0.05) is 12.1 Å². The van der Waals surface area contributed by atoms with Crippen LogP contribution in [0.1, 0.15) is 31.4 Å². The van der Waals surface area contributed by atoms with Crippen molar-refractivity contribution in [2.45, 2.75) is 44.8 Å². The van der Waals surface area contributed by atoms with Gasteiger partial charge >= 0.3 is 0 Å². The fourth-order valence-electron chi connectivity index (χ4n) is 2.34. The Balaban J connectivity index is 0.00000220. The Labute approximate surface area is 132 Å². The van der Waals surface area contributed by atoms with Crippen LogP contribution in [0.5, 0.6) is 5.75 Å². The third-order valence-corrected chi connectivity index (χ3v) is 3.72. The first-order valence-electron chi connectivity index (χ1n) is 7.29. The summed E-state index contributed by atoms with van der Waals surface area (Å²) in [5.41, 5.74) is 2.41.